The number of nitrogens with zero attached hydrogens (tertiary/aromatic N) is 1. The molecule has 29 heavy (non-hydrogen) atoms. The van der Waals surface area contributed by atoms with Gasteiger partial charge in [0.05, 0.1) is 11.1 Å². The molecule has 2 amide bonds. The first-order chi connectivity index (χ1) is 14.0. The molecule has 0 N–H and O–H groups in total. The first kappa shape index (κ1) is 18.9. The molecule has 0 fully saturated rings. The first-order valence-corrected chi connectivity index (χ1v) is 9.40. The second-order valence-electron chi connectivity index (χ2n) is 6.61. The molecular formula is C23H16ClNO4. The van der Waals surface area contributed by atoms with Crippen molar-refractivity contribution in [3.05, 3.63) is 101 Å². The van der Waals surface area contributed by atoms with Gasteiger partial charge in [0.2, 0.25) is 0 Å². The van der Waals surface area contributed by atoms with Crippen molar-refractivity contribution in [2.24, 2.45) is 0 Å². The molecule has 1 aliphatic heterocycles. The Labute approximate surface area is 172 Å². The van der Waals surface area contributed by atoms with Crippen LogP contribution in [0.15, 0.2) is 78.9 Å². The van der Waals surface area contributed by atoms with E-state index in [0.717, 1.165) is 10.5 Å². The van der Waals surface area contributed by atoms with Gasteiger partial charge in [-0.2, -0.15) is 0 Å². The van der Waals surface area contributed by atoms with Gasteiger partial charge in [0.1, 0.15) is 11.8 Å². The molecule has 1 aliphatic rings. The number of imide groups is 1. The third-order valence-corrected chi connectivity index (χ3v) is 4.93. The van der Waals surface area contributed by atoms with Crippen LogP contribution in [-0.4, -0.2) is 28.7 Å². The summed E-state index contributed by atoms with van der Waals surface area (Å²) in [5.41, 5.74) is 1.37. The lowest BCUT2D eigenvalue weighted by Crippen LogP contribution is -2.48. The van der Waals surface area contributed by atoms with E-state index in [1.54, 1.807) is 42.5 Å². The molecule has 0 saturated carbocycles. The molecule has 0 spiro atoms. The largest absolute Gasteiger partial charge is 0.425 e. The summed E-state index contributed by atoms with van der Waals surface area (Å²) < 4.78 is 5.47. The van der Waals surface area contributed by atoms with E-state index in [4.69, 9.17) is 16.3 Å². The number of carbonyl (C=O) groups is 3. The van der Waals surface area contributed by atoms with Crippen LogP contribution in [0.3, 0.4) is 0 Å². The number of esters is 1. The minimum absolute atomic E-state index is 0.145. The van der Waals surface area contributed by atoms with E-state index in [1.807, 2.05) is 30.3 Å². The summed E-state index contributed by atoms with van der Waals surface area (Å²) in [5, 5.41) is 0.413. The highest BCUT2D eigenvalue weighted by atomic mass is 35.5. The van der Waals surface area contributed by atoms with Crippen molar-refractivity contribution in [1.82, 2.24) is 4.90 Å². The third-order valence-electron chi connectivity index (χ3n) is 4.70. The maximum absolute atomic E-state index is 13.0. The van der Waals surface area contributed by atoms with Gasteiger partial charge in [0, 0.05) is 11.4 Å². The Balaban J connectivity index is 1.68. The zero-order chi connectivity index (χ0) is 20.4. The summed E-state index contributed by atoms with van der Waals surface area (Å²) in [6, 6.07) is 21.0. The summed E-state index contributed by atoms with van der Waals surface area (Å²) in [5.74, 6) is -1.47. The van der Waals surface area contributed by atoms with Crippen LogP contribution < -0.4 is 4.74 Å². The number of benzene rings is 3. The molecule has 0 aromatic heterocycles. The molecule has 3 aromatic carbocycles. The van der Waals surface area contributed by atoms with Crippen LogP contribution in [-0.2, 0) is 11.2 Å². The van der Waals surface area contributed by atoms with Crippen molar-refractivity contribution >= 4 is 29.4 Å². The maximum Gasteiger partial charge on any atom is 0.335 e. The van der Waals surface area contributed by atoms with Gasteiger partial charge in [-0.15, -0.1) is 0 Å². The molecule has 0 aliphatic carbocycles. The normalized spacial score (nSPS) is 13.9. The van der Waals surface area contributed by atoms with Gasteiger partial charge < -0.3 is 4.74 Å². The molecule has 0 radical (unpaired) electrons. The standard InChI is InChI=1S/C23H16ClNO4/c24-16-9-6-10-17(14-16)29-23(28)20(13-15-7-2-1-3-8-15)25-21(26)18-11-4-5-12-19(18)22(25)27/h1-12,14,20H,13H2/t20-/m0/s1. The van der Waals surface area contributed by atoms with E-state index in [0.29, 0.717) is 5.02 Å². The Morgan fingerprint density at radius 2 is 1.48 bits per heavy atom. The molecule has 6 heteroatoms. The monoisotopic (exact) mass is 405 g/mol. The van der Waals surface area contributed by atoms with Crippen molar-refractivity contribution in [1.29, 1.82) is 0 Å². The summed E-state index contributed by atoms with van der Waals surface area (Å²) in [6.07, 6.45) is 0.145. The lowest BCUT2D eigenvalue weighted by atomic mass is 10.0. The van der Waals surface area contributed by atoms with E-state index in [2.05, 4.69) is 0 Å². The van der Waals surface area contributed by atoms with Gasteiger partial charge in [-0.1, -0.05) is 60.1 Å². The second-order valence-corrected chi connectivity index (χ2v) is 7.05. The quantitative estimate of drug-likeness (QED) is 0.363. The van der Waals surface area contributed by atoms with Crippen LogP contribution in [0, 0.1) is 0 Å². The van der Waals surface area contributed by atoms with Gasteiger partial charge in [0.25, 0.3) is 11.8 Å². The molecule has 1 heterocycles. The molecule has 5 nitrogen and oxygen atoms in total. The van der Waals surface area contributed by atoms with Crippen molar-refractivity contribution < 1.29 is 19.1 Å². The molecule has 0 unspecified atom stereocenters. The van der Waals surface area contributed by atoms with E-state index in [-0.39, 0.29) is 23.3 Å². The topological polar surface area (TPSA) is 63.7 Å². The number of halogens is 1. The Morgan fingerprint density at radius 3 is 2.10 bits per heavy atom. The smallest absolute Gasteiger partial charge is 0.335 e. The summed E-state index contributed by atoms with van der Waals surface area (Å²) in [7, 11) is 0. The Kier molecular flexibility index (Phi) is 5.14. The van der Waals surface area contributed by atoms with Crippen molar-refractivity contribution in [2.75, 3.05) is 0 Å². The van der Waals surface area contributed by atoms with Crippen LogP contribution in [0.1, 0.15) is 26.3 Å². The second kappa shape index (κ2) is 7.89. The minimum atomic E-state index is -1.11. The summed E-state index contributed by atoms with van der Waals surface area (Å²) in [4.78, 5) is 39.9. The maximum atomic E-state index is 13.0. The van der Waals surface area contributed by atoms with E-state index in [1.165, 1.54) is 6.07 Å². The number of rotatable bonds is 5. The number of fused-ring (bicyclic) bond motifs is 1. The SMILES string of the molecule is O=C(Oc1cccc(Cl)c1)[C@H](Cc1ccccc1)N1C(=O)c2ccccc2C1=O. The lowest BCUT2D eigenvalue weighted by molar-refractivity contribution is -0.138. The van der Waals surface area contributed by atoms with Gasteiger partial charge in [-0.25, -0.2) is 4.79 Å². The third kappa shape index (κ3) is 3.77. The average Bonchev–Trinajstić information content (AvgIpc) is 2.98. The highest BCUT2D eigenvalue weighted by Gasteiger charge is 2.43. The molecule has 144 valence electrons. The molecule has 0 saturated heterocycles. The Bertz CT molecular complexity index is 1060. The van der Waals surface area contributed by atoms with Gasteiger partial charge in [-0.05, 0) is 35.9 Å². The molecular weight excluding hydrogens is 390 g/mol. The van der Waals surface area contributed by atoms with Crippen molar-refractivity contribution in [3.63, 3.8) is 0 Å². The van der Waals surface area contributed by atoms with Gasteiger partial charge >= 0.3 is 5.97 Å². The predicted octanol–water partition coefficient (Wildman–Crippen LogP) is 4.15. The van der Waals surface area contributed by atoms with E-state index >= 15 is 0 Å². The number of hydrogen-bond donors (Lipinski definition) is 0. The zero-order valence-electron chi connectivity index (χ0n) is 15.2. The highest BCUT2D eigenvalue weighted by molar-refractivity contribution is 6.30. The van der Waals surface area contributed by atoms with Crippen LogP contribution >= 0.6 is 11.6 Å². The lowest BCUT2D eigenvalue weighted by Gasteiger charge is -2.24. The van der Waals surface area contributed by atoms with Crippen LogP contribution in [0.5, 0.6) is 5.75 Å². The Hall–Kier alpha value is -3.44. The predicted molar refractivity (Wildman–Crippen MR) is 108 cm³/mol. The summed E-state index contributed by atoms with van der Waals surface area (Å²) >= 11 is 5.96. The molecule has 0 bridgehead atoms. The van der Waals surface area contributed by atoms with E-state index in [9.17, 15) is 14.4 Å². The minimum Gasteiger partial charge on any atom is -0.425 e. The Morgan fingerprint density at radius 1 is 0.862 bits per heavy atom. The molecule has 3 aromatic rings. The highest BCUT2D eigenvalue weighted by Crippen LogP contribution is 2.27. The number of amides is 2. The van der Waals surface area contributed by atoms with Gasteiger partial charge in [-0.3, -0.25) is 14.5 Å². The fourth-order valence-corrected chi connectivity index (χ4v) is 3.50. The first-order valence-electron chi connectivity index (χ1n) is 9.02. The molecule has 1 atom stereocenters. The average molecular weight is 406 g/mol. The van der Waals surface area contributed by atoms with Crippen molar-refractivity contribution in [2.45, 2.75) is 12.5 Å². The fourth-order valence-electron chi connectivity index (χ4n) is 3.32. The fraction of sp³-hybridized carbons (Fsp3) is 0.0870. The number of carbonyl (C=O) groups excluding carboxylic acids is 3. The van der Waals surface area contributed by atoms with Crippen molar-refractivity contribution in [3.8, 4) is 5.75 Å². The van der Waals surface area contributed by atoms with Crippen LogP contribution in [0.25, 0.3) is 0 Å². The number of ether oxygens (including phenoxy) is 1. The van der Waals surface area contributed by atoms with Crippen LogP contribution in [0.4, 0.5) is 0 Å². The molecule has 4 rings (SSSR count). The number of hydrogen-bond acceptors (Lipinski definition) is 4. The van der Waals surface area contributed by atoms with E-state index < -0.39 is 23.8 Å². The summed E-state index contributed by atoms with van der Waals surface area (Å²) in [6.45, 7) is 0. The van der Waals surface area contributed by atoms with Crippen LogP contribution in [0.2, 0.25) is 5.02 Å². The van der Waals surface area contributed by atoms with Gasteiger partial charge in [0.15, 0.2) is 0 Å². The zero-order valence-corrected chi connectivity index (χ0v) is 16.0.